The summed E-state index contributed by atoms with van der Waals surface area (Å²) in [5, 5.41) is 5.73. The van der Waals surface area contributed by atoms with Gasteiger partial charge >= 0.3 is 0 Å². The Balaban J connectivity index is 1.31. The lowest BCUT2D eigenvalue weighted by Crippen LogP contribution is -2.49. The van der Waals surface area contributed by atoms with Crippen LogP contribution in [0.5, 0.6) is 5.75 Å². The molecule has 3 aromatic heterocycles. The molecule has 5 rings (SSSR count). The highest BCUT2D eigenvalue weighted by Crippen LogP contribution is 2.30. The van der Waals surface area contributed by atoms with Crippen LogP contribution >= 0.6 is 11.6 Å². The molecule has 10 nitrogen and oxygen atoms in total. The number of hydrogen-bond donors (Lipinski definition) is 0. The maximum atomic E-state index is 13.1. The van der Waals surface area contributed by atoms with Crippen molar-refractivity contribution < 1.29 is 13.9 Å². The minimum atomic E-state index is -0.0353. The second kappa shape index (κ2) is 8.46. The van der Waals surface area contributed by atoms with Crippen molar-refractivity contribution in [2.75, 3.05) is 38.2 Å². The zero-order valence-electron chi connectivity index (χ0n) is 17.3. The van der Waals surface area contributed by atoms with E-state index in [1.807, 2.05) is 23.1 Å². The van der Waals surface area contributed by atoms with Gasteiger partial charge in [0.25, 0.3) is 0 Å². The second-order valence-corrected chi connectivity index (χ2v) is 7.70. The smallest absolute Gasteiger partial charge is 0.245 e. The lowest BCUT2D eigenvalue weighted by Gasteiger charge is -2.36. The van der Waals surface area contributed by atoms with E-state index < -0.39 is 0 Å². The molecule has 1 aliphatic heterocycles. The Morgan fingerprint density at radius 3 is 2.81 bits per heavy atom. The Morgan fingerprint density at radius 1 is 1.22 bits per heavy atom. The topological polar surface area (TPSA) is 102 Å². The molecule has 11 heteroatoms. The van der Waals surface area contributed by atoms with Crippen LogP contribution in [0.3, 0.4) is 0 Å². The fourth-order valence-corrected chi connectivity index (χ4v) is 4.04. The van der Waals surface area contributed by atoms with Crippen LogP contribution in [-0.2, 0) is 11.3 Å². The summed E-state index contributed by atoms with van der Waals surface area (Å²) in [7, 11) is 1.60. The van der Waals surface area contributed by atoms with Gasteiger partial charge in [0.05, 0.1) is 23.7 Å². The van der Waals surface area contributed by atoms with Crippen molar-refractivity contribution in [2.45, 2.75) is 6.54 Å². The van der Waals surface area contributed by atoms with Crippen LogP contribution in [-0.4, -0.2) is 68.8 Å². The van der Waals surface area contributed by atoms with E-state index in [9.17, 15) is 4.79 Å². The highest BCUT2D eigenvalue weighted by atomic mass is 35.5. The summed E-state index contributed by atoms with van der Waals surface area (Å²) in [5.41, 5.74) is 2.09. The van der Waals surface area contributed by atoms with Crippen molar-refractivity contribution in [3.63, 3.8) is 0 Å². The lowest BCUT2D eigenvalue weighted by molar-refractivity contribution is -0.132. The van der Waals surface area contributed by atoms with Crippen molar-refractivity contribution in [3.05, 3.63) is 48.2 Å². The van der Waals surface area contributed by atoms with Crippen LogP contribution in [0.25, 0.3) is 22.6 Å². The van der Waals surface area contributed by atoms with Gasteiger partial charge in [-0.1, -0.05) is 11.6 Å². The molecular weight excluding hydrogens is 434 g/mol. The SMILES string of the molecule is COc1cc(N2CCN(C(=O)Cn3nc4ncncc4c3-c3ncco3)CC2)ccc1Cl. The number of rotatable bonds is 5. The van der Waals surface area contributed by atoms with Gasteiger partial charge in [0.2, 0.25) is 11.8 Å². The summed E-state index contributed by atoms with van der Waals surface area (Å²) >= 11 is 6.13. The minimum Gasteiger partial charge on any atom is -0.495 e. The zero-order chi connectivity index (χ0) is 22.1. The van der Waals surface area contributed by atoms with Crippen molar-refractivity contribution in [1.82, 2.24) is 29.6 Å². The largest absolute Gasteiger partial charge is 0.495 e. The number of anilines is 1. The molecule has 1 fully saturated rings. The van der Waals surface area contributed by atoms with Gasteiger partial charge in [0, 0.05) is 44.1 Å². The molecule has 4 aromatic rings. The Labute approximate surface area is 188 Å². The number of aromatic nitrogens is 5. The number of ether oxygens (including phenoxy) is 1. The van der Waals surface area contributed by atoms with Crippen molar-refractivity contribution in [2.24, 2.45) is 0 Å². The van der Waals surface area contributed by atoms with Gasteiger partial charge in [-0.2, -0.15) is 5.10 Å². The fraction of sp³-hybridized carbons (Fsp3) is 0.286. The summed E-state index contributed by atoms with van der Waals surface area (Å²) in [6, 6.07) is 5.70. The molecule has 0 atom stereocenters. The average molecular weight is 454 g/mol. The predicted molar refractivity (Wildman–Crippen MR) is 118 cm³/mol. The van der Waals surface area contributed by atoms with Crippen molar-refractivity contribution in [3.8, 4) is 17.3 Å². The monoisotopic (exact) mass is 453 g/mol. The number of amides is 1. The Bertz CT molecular complexity index is 1250. The Kier molecular flexibility index (Phi) is 5.36. The van der Waals surface area contributed by atoms with Crippen LogP contribution in [0.4, 0.5) is 5.69 Å². The van der Waals surface area contributed by atoms with E-state index in [0.29, 0.717) is 59.6 Å². The average Bonchev–Trinajstić information content (AvgIpc) is 3.47. The number of methoxy groups -OCH3 is 1. The molecule has 0 radical (unpaired) electrons. The van der Waals surface area contributed by atoms with E-state index in [0.717, 1.165) is 5.69 Å². The van der Waals surface area contributed by atoms with Crippen molar-refractivity contribution in [1.29, 1.82) is 0 Å². The number of carbonyl (C=O) groups is 1. The number of piperazine rings is 1. The predicted octanol–water partition coefficient (Wildman–Crippen LogP) is 2.49. The first-order valence-electron chi connectivity index (χ1n) is 10.1. The Morgan fingerprint density at radius 2 is 2.06 bits per heavy atom. The molecule has 0 unspecified atom stereocenters. The number of benzene rings is 1. The second-order valence-electron chi connectivity index (χ2n) is 7.29. The van der Waals surface area contributed by atoms with E-state index >= 15 is 0 Å². The highest BCUT2D eigenvalue weighted by Gasteiger charge is 2.25. The third-order valence-corrected chi connectivity index (χ3v) is 5.78. The maximum Gasteiger partial charge on any atom is 0.245 e. The molecule has 1 amide bonds. The molecule has 1 aliphatic rings. The van der Waals surface area contributed by atoms with Crippen LogP contribution in [0.15, 0.2) is 47.6 Å². The van der Waals surface area contributed by atoms with Crippen molar-refractivity contribution >= 4 is 34.2 Å². The van der Waals surface area contributed by atoms with E-state index in [1.165, 1.54) is 12.6 Å². The lowest BCUT2D eigenvalue weighted by atomic mass is 10.2. The molecule has 1 aromatic carbocycles. The number of nitrogens with zero attached hydrogens (tertiary/aromatic N) is 7. The third kappa shape index (κ3) is 3.73. The summed E-state index contributed by atoms with van der Waals surface area (Å²) in [4.78, 5) is 29.6. The van der Waals surface area contributed by atoms with Crippen LogP contribution < -0.4 is 9.64 Å². The van der Waals surface area contributed by atoms with E-state index in [4.69, 9.17) is 20.8 Å². The molecule has 0 saturated carbocycles. The number of carbonyl (C=O) groups excluding carboxylic acids is 1. The molecule has 32 heavy (non-hydrogen) atoms. The fourth-order valence-electron chi connectivity index (χ4n) is 3.84. The number of oxazole rings is 1. The summed E-state index contributed by atoms with van der Waals surface area (Å²) in [6.45, 7) is 2.66. The van der Waals surface area contributed by atoms with Gasteiger partial charge in [-0.3, -0.25) is 4.79 Å². The van der Waals surface area contributed by atoms with E-state index in [-0.39, 0.29) is 12.5 Å². The maximum absolute atomic E-state index is 13.1. The van der Waals surface area contributed by atoms with E-state index in [2.05, 4.69) is 25.0 Å². The van der Waals surface area contributed by atoms with Gasteiger partial charge in [0.15, 0.2) is 5.65 Å². The third-order valence-electron chi connectivity index (χ3n) is 5.47. The van der Waals surface area contributed by atoms with Crippen LogP contribution in [0.1, 0.15) is 0 Å². The van der Waals surface area contributed by atoms with Gasteiger partial charge < -0.3 is 19.0 Å². The molecular formula is C21H20ClN7O3. The van der Waals surface area contributed by atoms with Gasteiger partial charge in [-0.15, -0.1) is 0 Å². The normalized spacial score (nSPS) is 14.2. The molecule has 0 aliphatic carbocycles. The van der Waals surface area contributed by atoms with E-state index in [1.54, 1.807) is 24.2 Å². The molecule has 0 N–H and O–H groups in total. The quantitative estimate of drug-likeness (QED) is 0.454. The van der Waals surface area contributed by atoms with Gasteiger partial charge in [-0.25, -0.2) is 19.6 Å². The van der Waals surface area contributed by atoms with Crippen LogP contribution in [0, 0.1) is 0 Å². The first kappa shape index (κ1) is 20.3. The van der Waals surface area contributed by atoms with Gasteiger partial charge in [0.1, 0.15) is 30.6 Å². The molecule has 4 heterocycles. The number of hydrogen-bond acceptors (Lipinski definition) is 8. The molecule has 0 bridgehead atoms. The highest BCUT2D eigenvalue weighted by molar-refractivity contribution is 6.32. The summed E-state index contributed by atoms with van der Waals surface area (Å²) in [5.74, 6) is 0.971. The first-order valence-corrected chi connectivity index (χ1v) is 10.4. The summed E-state index contributed by atoms with van der Waals surface area (Å²) in [6.07, 6.45) is 6.10. The number of halogens is 1. The standard InChI is InChI=1S/C21H20ClN7O3/c1-31-17-10-14(2-3-16(17)22)27-5-7-28(8-6-27)18(30)12-29-19(21-24-4-9-32-21)15-11-23-13-25-20(15)26-29/h2-4,9-11,13H,5-8,12H2,1H3. The summed E-state index contributed by atoms with van der Waals surface area (Å²) < 4.78 is 12.4. The molecule has 1 saturated heterocycles. The Hall–Kier alpha value is -3.66. The van der Waals surface area contributed by atoms with Gasteiger partial charge in [-0.05, 0) is 12.1 Å². The minimum absolute atomic E-state index is 0.0353. The molecule has 164 valence electrons. The number of fused-ring (bicyclic) bond motifs is 1. The molecule has 0 spiro atoms. The zero-order valence-corrected chi connectivity index (χ0v) is 18.1. The first-order chi connectivity index (χ1) is 15.6. The van der Waals surface area contributed by atoms with Crippen LogP contribution in [0.2, 0.25) is 5.02 Å².